The molecular weight excluding hydrogens is 448 g/mol. The maximum Gasteiger partial charge on any atom is 0.338 e. The zero-order valence-electron chi connectivity index (χ0n) is 19.7. The summed E-state index contributed by atoms with van der Waals surface area (Å²) in [6.45, 7) is 2.29. The molecule has 0 aliphatic carbocycles. The molecule has 0 saturated carbocycles. The fourth-order valence-electron chi connectivity index (χ4n) is 4.32. The van der Waals surface area contributed by atoms with Gasteiger partial charge in [-0.3, -0.25) is 19.4 Å². The van der Waals surface area contributed by atoms with E-state index in [4.69, 9.17) is 4.74 Å². The summed E-state index contributed by atoms with van der Waals surface area (Å²) in [6.07, 6.45) is 0.579. The minimum atomic E-state index is -0.717. The lowest BCUT2D eigenvalue weighted by molar-refractivity contribution is -0.151. The molecule has 2 aromatic carbocycles. The van der Waals surface area contributed by atoms with Crippen LogP contribution in [0.4, 0.5) is 4.79 Å². The van der Waals surface area contributed by atoms with Gasteiger partial charge in [-0.25, -0.2) is 9.59 Å². The number of methoxy groups -OCH3 is 1. The van der Waals surface area contributed by atoms with Crippen molar-refractivity contribution in [1.29, 1.82) is 0 Å². The quantitative estimate of drug-likeness (QED) is 0.465. The molecule has 9 heteroatoms. The average Bonchev–Trinajstić information content (AvgIpc) is 2.84. The molecule has 1 saturated heterocycles. The number of hydrogen-bond acceptors (Lipinski definition) is 6. The minimum absolute atomic E-state index is 0.00300. The first kappa shape index (κ1) is 24.2. The van der Waals surface area contributed by atoms with E-state index < -0.39 is 18.0 Å². The topological polar surface area (TPSA) is 108 Å². The Balaban J connectivity index is 1.52. The molecule has 2 aromatic rings. The highest BCUT2D eigenvalue weighted by Crippen LogP contribution is 2.28. The summed E-state index contributed by atoms with van der Waals surface area (Å²) in [7, 11) is 1.27. The molecular formula is C26H28N4O5. The SMILES string of the molecule is COC(=O)C1=C(CN2CC(=O)N(CCc3ccccc3)C(=O)C2)NC(=O)N[C@@H]1c1ccc(C)cc1. The highest BCUT2D eigenvalue weighted by atomic mass is 16.5. The van der Waals surface area contributed by atoms with Crippen LogP contribution in [0.25, 0.3) is 0 Å². The van der Waals surface area contributed by atoms with Gasteiger partial charge in [-0.05, 0) is 24.5 Å². The van der Waals surface area contributed by atoms with Gasteiger partial charge < -0.3 is 15.4 Å². The Morgan fingerprint density at radius 1 is 1.00 bits per heavy atom. The van der Waals surface area contributed by atoms with Crippen LogP contribution in [0, 0.1) is 6.92 Å². The van der Waals surface area contributed by atoms with Crippen LogP contribution in [0.2, 0.25) is 0 Å². The second kappa shape index (κ2) is 10.5. The lowest BCUT2D eigenvalue weighted by Gasteiger charge is -2.35. The number of carbonyl (C=O) groups excluding carboxylic acids is 4. The van der Waals surface area contributed by atoms with Crippen LogP contribution < -0.4 is 10.6 Å². The summed E-state index contributed by atoms with van der Waals surface area (Å²) in [6, 6.07) is 15.9. The van der Waals surface area contributed by atoms with E-state index in [1.807, 2.05) is 61.5 Å². The molecule has 1 atom stereocenters. The monoisotopic (exact) mass is 476 g/mol. The van der Waals surface area contributed by atoms with Crippen molar-refractivity contribution in [1.82, 2.24) is 20.4 Å². The van der Waals surface area contributed by atoms with E-state index in [-0.39, 0.29) is 37.0 Å². The summed E-state index contributed by atoms with van der Waals surface area (Å²) < 4.78 is 5.00. The van der Waals surface area contributed by atoms with Crippen LogP contribution in [0.15, 0.2) is 65.9 Å². The summed E-state index contributed by atoms with van der Waals surface area (Å²) >= 11 is 0. The Morgan fingerprint density at radius 2 is 1.66 bits per heavy atom. The van der Waals surface area contributed by atoms with E-state index >= 15 is 0 Å². The van der Waals surface area contributed by atoms with Gasteiger partial charge in [-0.1, -0.05) is 60.2 Å². The first-order valence-corrected chi connectivity index (χ1v) is 11.4. The first-order valence-electron chi connectivity index (χ1n) is 11.4. The van der Waals surface area contributed by atoms with Gasteiger partial charge >= 0.3 is 12.0 Å². The zero-order valence-corrected chi connectivity index (χ0v) is 19.7. The molecule has 0 aromatic heterocycles. The average molecular weight is 477 g/mol. The van der Waals surface area contributed by atoms with Gasteiger partial charge in [0, 0.05) is 18.8 Å². The third-order valence-electron chi connectivity index (χ3n) is 6.14. The fourth-order valence-corrected chi connectivity index (χ4v) is 4.32. The van der Waals surface area contributed by atoms with Crippen LogP contribution >= 0.6 is 0 Å². The van der Waals surface area contributed by atoms with Gasteiger partial charge in [-0.15, -0.1) is 0 Å². The van der Waals surface area contributed by atoms with Crippen LogP contribution in [0.5, 0.6) is 0 Å². The highest BCUT2D eigenvalue weighted by molar-refractivity contribution is 5.99. The molecule has 35 heavy (non-hydrogen) atoms. The summed E-state index contributed by atoms with van der Waals surface area (Å²) in [5.74, 6) is -1.22. The van der Waals surface area contributed by atoms with Gasteiger partial charge in [0.2, 0.25) is 11.8 Å². The van der Waals surface area contributed by atoms with Crippen molar-refractivity contribution in [3.05, 3.63) is 82.6 Å². The molecule has 0 bridgehead atoms. The highest BCUT2D eigenvalue weighted by Gasteiger charge is 2.36. The Bertz CT molecular complexity index is 1140. The van der Waals surface area contributed by atoms with Gasteiger partial charge in [0.15, 0.2) is 0 Å². The predicted octanol–water partition coefficient (Wildman–Crippen LogP) is 1.69. The van der Waals surface area contributed by atoms with Gasteiger partial charge in [-0.2, -0.15) is 0 Å². The smallest absolute Gasteiger partial charge is 0.338 e. The number of benzene rings is 2. The van der Waals surface area contributed by atoms with Crippen molar-refractivity contribution < 1.29 is 23.9 Å². The van der Waals surface area contributed by atoms with Crippen LogP contribution in [-0.2, 0) is 25.5 Å². The molecule has 2 aliphatic heterocycles. The van der Waals surface area contributed by atoms with Gasteiger partial charge in [0.05, 0.1) is 31.8 Å². The number of urea groups is 1. The second-order valence-corrected chi connectivity index (χ2v) is 8.65. The van der Waals surface area contributed by atoms with Crippen molar-refractivity contribution >= 4 is 23.8 Å². The molecule has 1 fully saturated rings. The maximum atomic E-state index is 12.8. The number of hydrogen-bond donors (Lipinski definition) is 2. The standard InChI is InChI=1S/C26H28N4O5/c1-17-8-10-19(11-9-17)24-23(25(33)35-2)20(27-26(34)28-24)14-29-15-21(31)30(22(32)16-29)13-12-18-6-4-3-5-7-18/h3-11,24H,12-16H2,1-2H3,(H2,27,28,34)/t24-/m1/s1. The zero-order chi connectivity index (χ0) is 24.9. The molecule has 9 nitrogen and oxygen atoms in total. The number of amides is 4. The minimum Gasteiger partial charge on any atom is -0.466 e. The molecule has 182 valence electrons. The van der Waals surface area contributed by atoms with E-state index in [2.05, 4.69) is 10.6 Å². The third kappa shape index (κ3) is 5.58. The Morgan fingerprint density at radius 3 is 2.29 bits per heavy atom. The van der Waals surface area contributed by atoms with Crippen molar-refractivity contribution in [2.45, 2.75) is 19.4 Å². The number of rotatable bonds is 7. The van der Waals surface area contributed by atoms with Crippen molar-refractivity contribution in [3.8, 4) is 0 Å². The molecule has 4 amide bonds. The Hall–Kier alpha value is -3.98. The van der Waals surface area contributed by atoms with E-state index in [1.54, 1.807) is 4.90 Å². The molecule has 0 spiro atoms. The number of piperazine rings is 1. The molecule has 2 heterocycles. The summed E-state index contributed by atoms with van der Waals surface area (Å²) in [5.41, 5.74) is 3.36. The van der Waals surface area contributed by atoms with E-state index in [9.17, 15) is 19.2 Å². The lowest BCUT2D eigenvalue weighted by atomic mass is 9.94. The Kier molecular flexibility index (Phi) is 7.26. The molecule has 0 radical (unpaired) electrons. The molecule has 2 N–H and O–H groups in total. The summed E-state index contributed by atoms with van der Waals surface area (Å²) in [5, 5.41) is 5.45. The number of carbonyl (C=O) groups is 4. The van der Waals surface area contributed by atoms with E-state index in [0.717, 1.165) is 16.7 Å². The predicted molar refractivity (Wildman–Crippen MR) is 128 cm³/mol. The molecule has 4 rings (SSSR count). The van der Waals surface area contributed by atoms with Crippen molar-refractivity contribution in [3.63, 3.8) is 0 Å². The number of nitrogens with zero attached hydrogens (tertiary/aromatic N) is 2. The first-order chi connectivity index (χ1) is 16.9. The number of nitrogens with one attached hydrogen (secondary N) is 2. The molecule has 0 unspecified atom stereocenters. The van der Waals surface area contributed by atoms with E-state index in [0.29, 0.717) is 18.7 Å². The second-order valence-electron chi connectivity index (χ2n) is 8.65. The van der Waals surface area contributed by atoms with E-state index in [1.165, 1.54) is 12.0 Å². The van der Waals surface area contributed by atoms with Crippen LogP contribution in [0.1, 0.15) is 22.7 Å². The fraction of sp³-hybridized carbons (Fsp3) is 0.308. The van der Waals surface area contributed by atoms with Crippen LogP contribution in [0.3, 0.4) is 0 Å². The number of imide groups is 1. The summed E-state index contributed by atoms with van der Waals surface area (Å²) in [4.78, 5) is 53.7. The molecule has 2 aliphatic rings. The maximum absolute atomic E-state index is 12.8. The van der Waals surface area contributed by atoms with Gasteiger partial charge in [0.1, 0.15) is 0 Å². The number of ether oxygens (including phenoxy) is 1. The number of esters is 1. The lowest BCUT2D eigenvalue weighted by Crippen LogP contribution is -2.56. The third-order valence-corrected chi connectivity index (χ3v) is 6.14. The van der Waals surface area contributed by atoms with Crippen molar-refractivity contribution in [2.75, 3.05) is 33.3 Å². The van der Waals surface area contributed by atoms with Gasteiger partial charge in [0.25, 0.3) is 0 Å². The largest absolute Gasteiger partial charge is 0.466 e. The number of aryl methyl sites for hydroxylation is 1. The van der Waals surface area contributed by atoms with Crippen molar-refractivity contribution in [2.24, 2.45) is 0 Å². The normalized spacial score (nSPS) is 18.9. The Labute approximate surface area is 203 Å². The van der Waals surface area contributed by atoms with Crippen LogP contribution in [-0.4, -0.2) is 66.9 Å².